The van der Waals surface area contributed by atoms with Crippen LogP contribution in [0.4, 0.5) is 0 Å². The first-order valence-electron chi connectivity index (χ1n) is 13.3. The molecule has 2 aliphatic heterocycles. The lowest BCUT2D eigenvalue weighted by atomic mass is 9.58. The van der Waals surface area contributed by atoms with Crippen molar-refractivity contribution in [3.05, 3.63) is 65.5 Å². The summed E-state index contributed by atoms with van der Waals surface area (Å²) in [5.74, 6) is 0.947. The van der Waals surface area contributed by atoms with Gasteiger partial charge in [-0.2, -0.15) is 0 Å². The first-order valence-corrected chi connectivity index (χ1v) is 13.3. The number of pyridine rings is 1. The minimum atomic E-state index is -0.870. The molecule has 1 saturated heterocycles. The van der Waals surface area contributed by atoms with Crippen LogP contribution in [-0.2, 0) is 4.74 Å². The summed E-state index contributed by atoms with van der Waals surface area (Å²) in [6.07, 6.45) is 12.8. The van der Waals surface area contributed by atoms with Gasteiger partial charge in [-0.1, -0.05) is 37.3 Å². The Labute approximate surface area is 207 Å². The Bertz CT molecular complexity index is 1270. The number of hydrogen-bond acceptors (Lipinski definition) is 5. The van der Waals surface area contributed by atoms with E-state index in [1.54, 1.807) is 0 Å². The van der Waals surface area contributed by atoms with Gasteiger partial charge in [-0.25, -0.2) is 0 Å². The van der Waals surface area contributed by atoms with Crippen LogP contribution in [0.2, 0.25) is 0 Å². The summed E-state index contributed by atoms with van der Waals surface area (Å²) in [5.41, 5.74) is 2.99. The van der Waals surface area contributed by atoms with Crippen molar-refractivity contribution in [2.75, 3.05) is 14.1 Å². The number of allylic oxidation sites excluding steroid dienone is 1. The SMILES string of the molecule is CN(C)[C@H]1C[C@@]23CC[C@@]4(O2)C(=CC[C@]2(C)[C@@H](c5ccc6cnccc6c5)CC[C@H]24)C=C3[C@@H](O)[C@@H]1O. The standard InChI is InChI=1S/C30H36N2O3/c1-28-10-8-21-15-23-26(33)27(34)24(32(2)3)16-29(23)11-12-30(21,35-29)25(28)7-6-22(28)19-4-5-20-17-31-13-9-18(20)14-19/h4-5,8-9,13-15,17,22,24-27,33-34H,6-7,10-12,16H2,1-3H3/t22-,24+,25-,26-,27-,28-,29-,30-/m1/s1. The third-order valence-corrected chi connectivity index (χ3v) is 10.6. The van der Waals surface area contributed by atoms with Crippen LogP contribution in [0, 0.1) is 11.3 Å². The normalized spacial score (nSPS) is 44.0. The Kier molecular flexibility index (Phi) is 4.60. The van der Waals surface area contributed by atoms with Crippen molar-refractivity contribution in [3.63, 3.8) is 0 Å². The van der Waals surface area contributed by atoms with E-state index >= 15 is 0 Å². The van der Waals surface area contributed by atoms with E-state index in [-0.39, 0.29) is 17.1 Å². The summed E-state index contributed by atoms with van der Waals surface area (Å²) in [4.78, 5) is 6.33. The molecule has 5 nitrogen and oxygen atoms in total. The molecular weight excluding hydrogens is 436 g/mol. The number of aliphatic hydroxyl groups is 2. The second-order valence-corrected chi connectivity index (χ2v) is 12.3. The molecule has 2 spiro atoms. The molecule has 0 radical (unpaired) electrons. The van der Waals surface area contributed by atoms with Crippen LogP contribution in [0.5, 0.6) is 0 Å². The van der Waals surface area contributed by atoms with E-state index in [4.69, 9.17) is 4.74 Å². The van der Waals surface area contributed by atoms with Gasteiger partial charge in [-0.05, 0) is 98.0 Å². The number of aromatic nitrogens is 1. The molecule has 0 amide bonds. The van der Waals surface area contributed by atoms with E-state index in [1.165, 1.54) is 28.3 Å². The molecule has 2 N–H and O–H groups in total. The fraction of sp³-hybridized carbons (Fsp3) is 0.567. The maximum absolute atomic E-state index is 11.2. The maximum Gasteiger partial charge on any atom is 0.105 e. The van der Waals surface area contributed by atoms with Crippen molar-refractivity contribution in [2.45, 2.75) is 80.8 Å². The molecule has 8 atom stereocenters. The van der Waals surface area contributed by atoms with Crippen LogP contribution in [0.15, 0.2) is 60.0 Å². The van der Waals surface area contributed by atoms with E-state index in [1.807, 2.05) is 31.4 Å². The summed E-state index contributed by atoms with van der Waals surface area (Å²) in [6, 6.07) is 8.93. The summed E-state index contributed by atoms with van der Waals surface area (Å²) >= 11 is 0. The summed E-state index contributed by atoms with van der Waals surface area (Å²) in [5, 5.41) is 24.5. The molecule has 3 aliphatic carbocycles. The van der Waals surface area contributed by atoms with Gasteiger partial charge in [0.2, 0.25) is 0 Å². The average molecular weight is 473 g/mol. The van der Waals surface area contributed by atoms with Crippen LogP contribution in [0.1, 0.15) is 56.9 Å². The van der Waals surface area contributed by atoms with Crippen molar-refractivity contribution in [1.82, 2.24) is 9.88 Å². The molecule has 7 rings (SSSR count). The molecule has 35 heavy (non-hydrogen) atoms. The third-order valence-electron chi connectivity index (χ3n) is 10.6. The van der Waals surface area contributed by atoms with E-state index in [0.29, 0.717) is 11.8 Å². The molecule has 2 aromatic rings. The lowest BCUT2D eigenvalue weighted by molar-refractivity contribution is -0.165. The van der Waals surface area contributed by atoms with E-state index in [9.17, 15) is 10.2 Å². The Balaban J connectivity index is 1.29. The zero-order chi connectivity index (χ0) is 24.2. The lowest BCUT2D eigenvalue weighted by Crippen LogP contribution is -2.61. The second kappa shape index (κ2) is 7.25. The highest BCUT2D eigenvalue weighted by Crippen LogP contribution is 2.69. The van der Waals surface area contributed by atoms with Crippen molar-refractivity contribution >= 4 is 10.8 Å². The summed E-state index contributed by atoms with van der Waals surface area (Å²) in [6.45, 7) is 2.49. The van der Waals surface area contributed by atoms with Crippen molar-refractivity contribution in [1.29, 1.82) is 0 Å². The molecular formula is C30H36N2O3. The number of benzene rings is 1. The number of aliphatic hydroxyl groups excluding tert-OH is 2. The molecule has 0 unspecified atom stereocenters. The minimum Gasteiger partial charge on any atom is -0.388 e. The average Bonchev–Trinajstić information content (AvgIpc) is 3.37. The fourth-order valence-corrected chi connectivity index (χ4v) is 8.78. The quantitative estimate of drug-likeness (QED) is 0.680. The minimum absolute atomic E-state index is 0.110. The van der Waals surface area contributed by atoms with Gasteiger partial charge in [-0.3, -0.25) is 4.98 Å². The van der Waals surface area contributed by atoms with Crippen LogP contribution in [0.25, 0.3) is 10.8 Å². The highest BCUT2D eigenvalue weighted by Gasteiger charge is 2.68. The number of nitrogens with zero attached hydrogens (tertiary/aromatic N) is 2. The molecule has 184 valence electrons. The molecule has 5 heteroatoms. The van der Waals surface area contributed by atoms with Gasteiger partial charge in [0.1, 0.15) is 6.10 Å². The summed E-state index contributed by atoms with van der Waals surface area (Å²) in [7, 11) is 3.98. The number of hydrogen-bond donors (Lipinski definition) is 2. The molecule has 3 heterocycles. The Hall–Kier alpha value is -2.05. The van der Waals surface area contributed by atoms with Crippen molar-refractivity contribution in [3.8, 4) is 0 Å². The van der Waals surface area contributed by atoms with Crippen LogP contribution < -0.4 is 0 Å². The molecule has 2 bridgehead atoms. The molecule has 3 fully saturated rings. The topological polar surface area (TPSA) is 65.8 Å². The zero-order valence-corrected chi connectivity index (χ0v) is 20.9. The van der Waals surface area contributed by atoms with Crippen molar-refractivity contribution < 1.29 is 14.9 Å². The largest absolute Gasteiger partial charge is 0.388 e. The maximum atomic E-state index is 11.2. The second-order valence-electron chi connectivity index (χ2n) is 12.3. The van der Waals surface area contributed by atoms with Gasteiger partial charge in [0.15, 0.2) is 0 Å². The molecule has 1 aromatic carbocycles. The number of rotatable bonds is 2. The van der Waals surface area contributed by atoms with Gasteiger partial charge in [0.05, 0.1) is 17.3 Å². The van der Waals surface area contributed by atoms with E-state index in [2.05, 4.69) is 48.3 Å². The van der Waals surface area contributed by atoms with Gasteiger partial charge < -0.3 is 19.8 Å². The summed E-state index contributed by atoms with van der Waals surface area (Å²) < 4.78 is 7.27. The number of ether oxygens (including phenoxy) is 1. The van der Waals surface area contributed by atoms with Crippen LogP contribution in [0.3, 0.4) is 0 Å². The van der Waals surface area contributed by atoms with Gasteiger partial charge in [-0.15, -0.1) is 0 Å². The van der Waals surface area contributed by atoms with Gasteiger partial charge >= 0.3 is 0 Å². The van der Waals surface area contributed by atoms with Gasteiger partial charge in [0.25, 0.3) is 0 Å². The lowest BCUT2D eigenvalue weighted by Gasteiger charge is -2.56. The third kappa shape index (κ3) is 2.81. The van der Waals surface area contributed by atoms with Crippen LogP contribution in [-0.4, -0.2) is 63.6 Å². The first-order chi connectivity index (χ1) is 16.8. The Morgan fingerprint density at radius 3 is 2.77 bits per heavy atom. The molecule has 1 aromatic heterocycles. The first kappa shape index (κ1) is 22.2. The smallest absolute Gasteiger partial charge is 0.105 e. The highest BCUT2D eigenvalue weighted by atomic mass is 16.5. The van der Waals surface area contributed by atoms with Crippen LogP contribution >= 0.6 is 0 Å². The number of likely N-dealkylation sites (N-methyl/N-ethyl adjacent to an activating group) is 1. The Morgan fingerprint density at radius 1 is 1.09 bits per heavy atom. The van der Waals surface area contributed by atoms with Crippen molar-refractivity contribution in [2.24, 2.45) is 11.3 Å². The predicted octanol–water partition coefficient (Wildman–Crippen LogP) is 4.35. The highest BCUT2D eigenvalue weighted by molar-refractivity contribution is 5.82. The van der Waals surface area contributed by atoms with E-state index in [0.717, 1.165) is 37.7 Å². The Morgan fingerprint density at radius 2 is 1.94 bits per heavy atom. The predicted molar refractivity (Wildman–Crippen MR) is 136 cm³/mol. The fourth-order valence-electron chi connectivity index (χ4n) is 8.78. The number of fused-ring (bicyclic) bond motifs is 2. The van der Waals surface area contributed by atoms with E-state index < -0.39 is 17.8 Å². The van der Waals surface area contributed by atoms with Gasteiger partial charge in [0, 0.05) is 23.8 Å². The zero-order valence-electron chi connectivity index (χ0n) is 20.9. The monoisotopic (exact) mass is 472 g/mol. The molecule has 2 saturated carbocycles. The molecule has 5 aliphatic rings.